The van der Waals surface area contributed by atoms with Gasteiger partial charge >= 0.3 is 5.97 Å². The summed E-state index contributed by atoms with van der Waals surface area (Å²) in [5, 5.41) is 39.2. The van der Waals surface area contributed by atoms with Crippen LogP contribution in [0.2, 0.25) is 0 Å². The predicted molar refractivity (Wildman–Crippen MR) is 107 cm³/mol. The van der Waals surface area contributed by atoms with Crippen LogP contribution in [0.25, 0.3) is 0 Å². The van der Waals surface area contributed by atoms with Crippen LogP contribution in [0.4, 0.5) is 0 Å². The fourth-order valence-electron chi connectivity index (χ4n) is 3.76. The van der Waals surface area contributed by atoms with Crippen LogP contribution < -0.4 is 0 Å². The van der Waals surface area contributed by atoms with E-state index in [9.17, 15) is 20.1 Å². The van der Waals surface area contributed by atoms with Crippen molar-refractivity contribution in [3.8, 4) is 0 Å². The summed E-state index contributed by atoms with van der Waals surface area (Å²) in [6, 6.07) is 0. The van der Waals surface area contributed by atoms with Gasteiger partial charge in [0.05, 0.1) is 18.3 Å². The monoisotopic (exact) mass is 382 g/mol. The van der Waals surface area contributed by atoms with E-state index in [2.05, 4.69) is 6.92 Å². The van der Waals surface area contributed by atoms with Crippen LogP contribution in [0.3, 0.4) is 0 Å². The maximum Gasteiger partial charge on any atom is 0.303 e. The van der Waals surface area contributed by atoms with Crippen LogP contribution in [0, 0.1) is 11.8 Å². The number of aliphatic hydroxyl groups is 3. The van der Waals surface area contributed by atoms with Gasteiger partial charge in [-0.3, -0.25) is 4.79 Å². The van der Waals surface area contributed by atoms with E-state index in [4.69, 9.17) is 5.11 Å². The Hall–Kier alpha value is -1.17. The van der Waals surface area contributed by atoms with E-state index in [1.807, 2.05) is 18.2 Å². The van der Waals surface area contributed by atoms with E-state index in [1.54, 1.807) is 6.08 Å². The van der Waals surface area contributed by atoms with Crippen LogP contribution in [-0.2, 0) is 4.79 Å². The van der Waals surface area contributed by atoms with E-state index >= 15 is 0 Å². The van der Waals surface area contributed by atoms with Gasteiger partial charge in [-0.05, 0) is 31.6 Å². The second kappa shape index (κ2) is 13.9. The summed E-state index contributed by atoms with van der Waals surface area (Å²) in [5.41, 5.74) is 0. The summed E-state index contributed by atoms with van der Waals surface area (Å²) in [6.45, 7) is 2.18. The average molecular weight is 383 g/mol. The molecule has 0 aliphatic heterocycles. The first-order valence-electron chi connectivity index (χ1n) is 10.5. The molecule has 1 aliphatic rings. The molecule has 0 heterocycles. The van der Waals surface area contributed by atoms with Gasteiger partial charge in [0.1, 0.15) is 0 Å². The Balaban J connectivity index is 2.41. The molecule has 0 spiro atoms. The lowest BCUT2D eigenvalue weighted by Crippen LogP contribution is -2.20. The summed E-state index contributed by atoms with van der Waals surface area (Å²) < 4.78 is 0. The summed E-state index contributed by atoms with van der Waals surface area (Å²) >= 11 is 0. The lowest BCUT2D eigenvalue weighted by Gasteiger charge is -2.19. The van der Waals surface area contributed by atoms with Gasteiger partial charge in [0.2, 0.25) is 0 Å². The smallest absolute Gasteiger partial charge is 0.303 e. The molecule has 1 saturated carbocycles. The van der Waals surface area contributed by atoms with E-state index < -0.39 is 24.3 Å². The number of unbranched alkanes of at least 4 members (excludes halogenated alkanes) is 5. The molecule has 0 amide bonds. The highest BCUT2D eigenvalue weighted by molar-refractivity contribution is 5.66. The zero-order valence-electron chi connectivity index (χ0n) is 16.7. The topological polar surface area (TPSA) is 98.0 Å². The molecule has 0 aromatic carbocycles. The van der Waals surface area contributed by atoms with Crippen molar-refractivity contribution in [2.45, 2.75) is 95.9 Å². The molecule has 0 aromatic heterocycles. The van der Waals surface area contributed by atoms with Crippen LogP contribution in [-0.4, -0.2) is 44.7 Å². The lowest BCUT2D eigenvalue weighted by molar-refractivity contribution is -0.137. The van der Waals surface area contributed by atoms with E-state index in [1.165, 1.54) is 19.3 Å². The van der Waals surface area contributed by atoms with Crippen molar-refractivity contribution in [3.63, 3.8) is 0 Å². The number of aliphatic hydroxyl groups excluding tert-OH is 3. The maximum atomic E-state index is 10.5. The third-order valence-electron chi connectivity index (χ3n) is 5.41. The van der Waals surface area contributed by atoms with E-state index in [0.717, 1.165) is 19.3 Å². The van der Waals surface area contributed by atoms with E-state index in [-0.39, 0.29) is 18.3 Å². The molecule has 5 nitrogen and oxygen atoms in total. The molecular formula is C22H38O5. The molecule has 1 rings (SSSR count). The number of allylic oxidation sites excluding steroid dienone is 2. The van der Waals surface area contributed by atoms with Crippen molar-refractivity contribution < 1.29 is 25.2 Å². The number of carboxylic acid groups (broad SMARTS) is 1. The minimum Gasteiger partial charge on any atom is -0.481 e. The van der Waals surface area contributed by atoms with Gasteiger partial charge < -0.3 is 20.4 Å². The predicted octanol–water partition coefficient (Wildman–Crippen LogP) is 3.82. The van der Waals surface area contributed by atoms with Gasteiger partial charge in [0.25, 0.3) is 0 Å². The normalized spacial score (nSPS) is 27.0. The summed E-state index contributed by atoms with van der Waals surface area (Å²) in [6.07, 6.45) is 15.0. The first kappa shape index (κ1) is 23.9. The maximum absolute atomic E-state index is 10.5. The quantitative estimate of drug-likeness (QED) is 0.270. The standard InChI is InChI=1S/C22H38O5/c1-2-3-4-5-8-11-17(23)14-15-19-18(20(24)16-21(19)25)12-9-6-7-10-13-22(26)27/h6,9,14-15,17-21,23-25H,2-5,7-8,10-13,16H2,1H3,(H,26,27)/b9-6-,15-14-/t17?,18?,19-,20?,21?/m1/s1. The molecule has 27 heavy (non-hydrogen) atoms. The fraction of sp³-hybridized carbons (Fsp3) is 0.773. The number of hydrogen-bond acceptors (Lipinski definition) is 4. The van der Waals surface area contributed by atoms with Crippen molar-refractivity contribution in [2.75, 3.05) is 0 Å². The second-order valence-corrected chi connectivity index (χ2v) is 7.76. The van der Waals surface area contributed by atoms with Gasteiger partial charge in [0.15, 0.2) is 0 Å². The van der Waals surface area contributed by atoms with Gasteiger partial charge in [-0.2, -0.15) is 0 Å². The molecule has 0 radical (unpaired) electrons. The SMILES string of the molecule is CCCCCCCC(O)/C=C\[C@H]1C(O)CC(O)C1C/C=C\CCCC(=O)O. The van der Waals surface area contributed by atoms with Gasteiger partial charge in [-0.1, -0.05) is 63.3 Å². The lowest BCUT2D eigenvalue weighted by atomic mass is 9.89. The molecule has 0 saturated heterocycles. The van der Waals surface area contributed by atoms with Crippen molar-refractivity contribution in [2.24, 2.45) is 11.8 Å². The van der Waals surface area contributed by atoms with Gasteiger partial charge in [-0.15, -0.1) is 0 Å². The zero-order valence-corrected chi connectivity index (χ0v) is 16.7. The Morgan fingerprint density at radius 2 is 1.81 bits per heavy atom. The number of aliphatic carboxylic acids is 1. The van der Waals surface area contributed by atoms with Gasteiger partial charge in [-0.25, -0.2) is 0 Å². The number of rotatable bonds is 14. The Bertz CT molecular complexity index is 460. The zero-order chi connectivity index (χ0) is 20.1. The Kier molecular flexibility index (Phi) is 12.3. The van der Waals surface area contributed by atoms with Crippen molar-refractivity contribution >= 4 is 5.97 Å². The molecule has 1 aliphatic carbocycles. The number of hydrogen-bond donors (Lipinski definition) is 4. The van der Waals surface area contributed by atoms with Crippen molar-refractivity contribution in [1.29, 1.82) is 0 Å². The van der Waals surface area contributed by atoms with Crippen molar-refractivity contribution in [3.05, 3.63) is 24.3 Å². The van der Waals surface area contributed by atoms with Crippen LogP contribution >= 0.6 is 0 Å². The molecule has 156 valence electrons. The Morgan fingerprint density at radius 1 is 1.07 bits per heavy atom. The van der Waals surface area contributed by atoms with Crippen LogP contribution in [0.5, 0.6) is 0 Å². The molecule has 4 N–H and O–H groups in total. The van der Waals surface area contributed by atoms with Crippen LogP contribution in [0.15, 0.2) is 24.3 Å². The van der Waals surface area contributed by atoms with Gasteiger partial charge in [0, 0.05) is 18.8 Å². The molecular weight excluding hydrogens is 344 g/mol. The van der Waals surface area contributed by atoms with Crippen LogP contribution in [0.1, 0.15) is 77.6 Å². The molecule has 5 atom stereocenters. The largest absolute Gasteiger partial charge is 0.481 e. The first-order chi connectivity index (χ1) is 13.0. The second-order valence-electron chi connectivity index (χ2n) is 7.76. The summed E-state index contributed by atoms with van der Waals surface area (Å²) in [4.78, 5) is 10.5. The molecule has 4 unspecified atom stereocenters. The molecule has 1 fully saturated rings. The molecule has 0 aromatic rings. The molecule has 0 bridgehead atoms. The third kappa shape index (κ3) is 10.1. The summed E-state index contributed by atoms with van der Waals surface area (Å²) in [7, 11) is 0. The highest BCUT2D eigenvalue weighted by atomic mass is 16.4. The highest BCUT2D eigenvalue weighted by Gasteiger charge is 2.39. The fourth-order valence-corrected chi connectivity index (χ4v) is 3.76. The van der Waals surface area contributed by atoms with E-state index in [0.29, 0.717) is 25.7 Å². The summed E-state index contributed by atoms with van der Waals surface area (Å²) in [5.74, 6) is -1.01. The first-order valence-corrected chi connectivity index (χ1v) is 10.5. The van der Waals surface area contributed by atoms with Crippen molar-refractivity contribution in [1.82, 2.24) is 0 Å². The Labute approximate surface area is 163 Å². The average Bonchev–Trinajstić information content (AvgIpc) is 2.88. The molecule has 5 heteroatoms. The minimum atomic E-state index is -0.785. The third-order valence-corrected chi connectivity index (χ3v) is 5.41. The minimum absolute atomic E-state index is 0.0660. The number of carbonyl (C=O) groups is 1. The number of carboxylic acids is 1. The highest BCUT2D eigenvalue weighted by Crippen LogP contribution is 2.36. The Morgan fingerprint density at radius 3 is 2.52 bits per heavy atom.